The Morgan fingerprint density at radius 2 is 1.85 bits per heavy atom. The quantitative estimate of drug-likeness (QED) is 0.603. The van der Waals surface area contributed by atoms with Crippen LogP contribution in [-0.2, 0) is 15.7 Å². The zero-order valence-electron chi connectivity index (χ0n) is 18.6. The lowest BCUT2D eigenvalue weighted by atomic mass is 10.0. The summed E-state index contributed by atoms with van der Waals surface area (Å²) in [5.74, 6) is -0.470. The number of fused-ring (bicyclic) bond motifs is 1. The van der Waals surface area contributed by atoms with Gasteiger partial charge in [-0.25, -0.2) is 9.59 Å². The lowest BCUT2D eigenvalue weighted by Gasteiger charge is -2.32. The molecule has 0 aliphatic carbocycles. The molecule has 2 saturated heterocycles. The average Bonchev–Trinajstić information content (AvgIpc) is 3.09. The molecule has 4 rings (SSSR count). The maximum absolute atomic E-state index is 13.6. The number of nitrogens with zero attached hydrogens (tertiary/aromatic N) is 3. The highest BCUT2D eigenvalue weighted by molar-refractivity contribution is 6.08. The molecule has 0 bridgehead atoms. The number of aryl methyl sites for hydroxylation is 1. The van der Waals surface area contributed by atoms with Crippen molar-refractivity contribution in [1.29, 1.82) is 5.26 Å². The van der Waals surface area contributed by atoms with Crippen molar-refractivity contribution in [1.82, 2.24) is 0 Å². The van der Waals surface area contributed by atoms with Crippen LogP contribution in [0.15, 0.2) is 36.4 Å². The molecule has 2 aromatic carbocycles. The predicted molar refractivity (Wildman–Crippen MR) is 117 cm³/mol. The lowest BCUT2D eigenvalue weighted by molar-refractivity contribution is -0.137. The van der Waals surface area contributed by atoms with Gasteiger partial charge < -0.3 is 9.47 Å². The molecular weight excluding hydrogens is 451 g/mol. The Balaban J connectivity index is 1.75. The minimum atomic E-state index is -4.74. The first kappa shape index (κ1) is 23.6. The fraction of sp³-hybridized carbons (Fsp3) is 0.375. The van der Waals surface area contributed by atoms with E-state index < -0.39 is 35.3 Å². The molecule has 0 radical (unpaired) electrons. The van der Waals surface area contributed by atoms with Gasteiger partial charge in [0.05, 0.1) is 48.1 Å². The average molecular weight is 473 g/mol. The topological polar surface area (TPSA) is 82.9 Å². The summed E-state index contributed by atoms with van der Waals surface area (Å²) in [6, 6.07) is 8.37. The van der Waals surface area contributed by atoms with Gasteiger partial charge in [0.15, 0.2) is 0 Å². The Kier molecular flexibility index (Phi) is 6.23. The smallest absolute Gasteiger partial charge is 0.417 e. The van der Waals surface area contributed by atoms with Crippen molar-refractivity contribution >= 4 is 23.4 Å². The summed E-state index contributed by atoms with van der Waals surface area (Å²) < 4.78 is 51.3. The predicted octanol–water partition coefficient (Wildman–Crippen LogP) is 4.67. The van der Waals surface area contributed by atoms with Crippen molar-refractivity contribution in [3.8, 4) is 6.07 Å². The molecule has 10 heteroatoms. The summed E-state index contributed by atoms with van der Waals surface area (Å²) in [5, 5.41) is 9.10. The van der Waals surface area contributed by atoms with Crippen LogP contribution in [-0.4, -0.2) is 43.9 Å². The number of carbonyl (C=O) groups is 2. The summed E-state index contributed by atoms with van der Waals surface area (Å²) in [5.41, 5.74) is -0.0510. The summed E-state index contributed by atoms with van der Waals surface area (Å²) in [6.45, 7) is 4.23. The zero-order valence-corrected chi connectivity index (χ0v) is 18.6. The van der Waals surface area contributed by atoms with Gasteiger partial charge in [-0.05, 0) is 62.2 Å². The first-order valence-electron chi connectivity index (χ1n) is 10.8. The van der Waals surface area contributed by atoms with E-state index in [4.69, 9.17) is 14.7 Å². The van der Waals surface area contributed by atoms with Gasteiger partial charge in [-0.1, -0.05) is 0 Å². The van der Waals surface area contributed by atoms with Gasteiger partial charge in [0, 0.05) is 18.0 Å². The highest BCUT2D eigenvalue weighted by Gasteiger charge is 2.49. The molecule has 2 fully saturated rings. The van der Waals surface area contributed by atoms with Gasteiger partial charge in [-0.15, -0.1) is 0 Å². The maximum Gasteiger partial charge on any atom is 0.417 e. The number of amides is 2. The van der Waals surface area contributed by atoms with Gasteiger partial charge in [0.1, 0.15) is 0 Å². The van der Waals surface area contributed by atoms with Crippen LogP contribution >= 0.6 is 0 Å². The Morgan fingerprint density at radius 1 is 1.18 bits per heavy atom. The molecule has 2 atom stereocenters. The van der Waals surface area contributed by atoms with E-state index in [9.17, 15) is 22.8 Å². The number of carbonyl (C=O) groups excluding carboxylic acids is 2. The fourth-order valence-electron chi connectivity index (χ4n) is 4.51. The minimum absolute atomic E-state index is 0.0409. The van der Waals surface area contributed by atoms with Gasteiger partial charge >= 0.3 is 18.2 Å². The van der Waals surface area contributed by atoms with E-state index in [0.29, 0.717) is 29.8 Å². The second kappa shape index (κ2) is 8.99. The molecule has 2 aromatic rings. The number of alkyl halides is 3. The fourth-order valence-corrected chi connectivity index (χ4v) is 4.51. The van der Waals surface area contributed by atoms with Crippen molar-refractivity contribution in [2.45, 2.75) is 38.5 Å². The second-order valence-corrected chi connectivity index (χ2v) is 8.08. The number of nitriles is 1. The zero-order chi connectivity index (χ0) is 24.6. The third-order valence-electron chi connectivity index (χ3n) is 6.06. The third-order valence-corrected chi connectivity index (χ3v) is 6.06. The van der Waals surface area contributed by atoms with Crippen molar-refractivity contribution in [3.05, 3.63) is 58.7 Å². The number of esters is 1. The number of rotatable bonds is 4. The van der Waals surface area contributed by atoms with Crippen molar-refractivity contribution < 1.29 is 32.2 Å². The summed E-state index contributed by atoms with van der Waals surface area (Å²) in [6.07, 6.45) is -4.25. The van der Waals surface area contributed by atoms with Crippen LogP contribution < -0.4 is 9.80 Å². The van der Waals surface area contributed by atoms with E-state index in [1.54, 1.807) is 43.0 Å². The van der Waals surface area contributed by atoms with Crippen molar-refractivity contribution in [2.24, 2.45) is 0 Å². The molecule has 2 aliphatic heterocycles. The highest BCUT2D eigenvalue weighted by atomic mass is 19.4. The third kappa shape index (κ3) is 4.07. The summed E-state index contributed by atoms with van der Waals surface area (Å²) >= 11 is 0. The van der Waals surface area contributed by atoms with Crippen LogP contribution in [0.1, 0.15) is 40.4 Å². The largest absolute Gasteiger partial charge is 0.462 e. The monoisotopic (exact) mass is 473 g/mol. The Morgan fingerprint density at radius 3 is 2.50 bits per heavy atom. The molecule has 0 saturated carbocycles. The van der Waals surface area contributed by atoms with Crippen LogP contribution in [0.4, 0.5) is 29.3 Å². The Labute approximate surface area is 194 Å². The number of benzene rings is 2. The molecule has 2 amide bonds. The molecule has 0 N–H and O–H groups in total. The van der Waals surface area contributed by atoms with E-state index in [0.717, 1.165) is 12.1 Å². The number of halogens is 3. The first-order chi connectivity index (χ1) is 16.2. The minimum Gasteiger partial charge on any atom is -0.462 e. The van der Waals surface area contributed by atoms with E-state index in [-0.39, 0.29) is 24.9 Å². The summed E-state index contributed by atoms with van der Waals surface area (Å²) in [7, 11) is 0. The molecule has 0 aromatic heterocycles. The number of anilines is 2. The molecule has 2 heterocycles. The van der Waals surface area contributed by atoms with Gasteiger partial charge in [-0.2, -0.15) is 18.4 Å². The van der Waals surface area contributed by atoms with Crippen LogP contribution in [0.3, 0.4) is 0 Å². The summed E-state index contributed by atoms with van der Waals surface area (Å²) in [4.78, 5) is 28.6. The lowest BCUT2D eigenvalue weighted by Crippen LogP contribution is -2.45. The number of hydrogen-bond donors (Lipinski definition) is 0. The van der Waals surface area contributed by atoms with Crippen LogP contribution in [0, 0.1) is 18.3 Å². The van der Waals surface area contributed by atoms with Crippen LogP contribution in [0.25, 0.3) is 0 Å². The standard InChI is InChI=1S/C24H22F3N3O4/c1-3-34-22(31)18-7-6-16(10-14(18)2)29-20-8-9-33-13-21(20)30(23(29)32)17-5-4-15(12-28)19(11-17)24(25,26)27/h4-7,10-11,20-21H,3,8-9,13H2,1-2H3/t20-,21-/m0/s1. The second-order valence-electron chi connectivity index (χ2n) is 8.08. The number of urea groups is 1. The van der Waals surface area contributed by atoms with Crippen LogP contribution in [0.5, 0.6) is 0 Å². The molecule has 2 aliphatic rings. The van der Waals surface area contributed by atoms with Crippen LogP contribution in [0.2, 0.25) is 0 Å². The van der Waals surface area contributed by atoms with Gasteiger partial charge in [-0.3, -0.25) is 9.80 Å². The van der Waals surface area contributed by atoms with E-state index in [1.165, 1.54) is 11.0 Å². The Bertz CT molecular complexity index is 1180. The maximum atomic E-state index is 13.6. The SMILES string of the molecule is CCOC(=O)c1ccc(N2C(=O)N(c3ccc(C#N)c(C(F)(F)F)c3)[C@H]3COCC[C@@H]32)cc1C. The van der Waals surface area contributed by atoms with Crippen molar-refractivity contribution in [2.75, 3.05) is 29.6 Å². The van der Waals surface area contributed by atoms with Crippen molar-refractivity contribution in [3.63, 3.8) is 0 Å². The van der Waals surface area contributed by atoms with Gasteiger partial charge in [0.2, 0.25) is 0 Å². The Hall–Kier alpha value is -3.58. The molecule has 0 spiro atoms. The van der Waals surface area contributed by atoms with Gasteiger partial charge in [0.25, 0.3) is 0 Å². The molecule has 0 unspecified atom stereocenters. The van der Waals surface area contributed by atoms with E-state index in [2.05, 4.69) is 0 Å². The first-order valence-corrected chi connectivity index (χ1v) is 10.8. The molecular formula is C24H22F3N3O4. The molecule has 7 nitrogen and oxygen atoms in total. The molecule has 34 heavy (non-hydrogen) atoms. The van der Waals surface area contributed by atoms with E-state index in [1.807, 2.05) is 0 Å². The number of ether oxygens (including phenoxy) is 2. The molecule has 178 valence electrons. The normalized spacial score (nSPS) is 20.2. The highest BCUT2D eigenvalue weighted by Crippen LogP contribution is 2.40. The van der Waals surface area contributed by atoms with E-state index >= 15 is 0 Å². The number of hydrogen-bond acceptors (Lipinski definition) is 5.